The molecule has 0 unspecified atom stereocenters. The fraction of sp³-hybridized carbons (Fsp3) is 0.444. The minimum absolute atomic E-state index is 0.317. The largest absolute Gasteiger partial charge is 0.370 e. The van der Waals surface area contributed by atoms with Crippen LogP contribution in [0.25, 0.3) is 11.3 Å². The molecule has 0 aliphatic carbocycles. The van der Waals surface area contributed by atoms with E-state index in [1.165, 1.54) is 16.7 Å². The summed E-state index contributed by atoms with van der Waals surface area (Å²) in [7, 11) is 0. The highest BCUT2D eigenvalue weighted by Gasteiger charge is 2.11. The molecule has 0 amide bonds. The normalized spacial score (nSPS) is 11.0. The van der Waals surface area contributed by atoms with Crippen molar-refractivity contribution in [3.63, 3.8) is 0 Å². The van der Waals surface area contributed by atoms with Crippen LogP contribution in [0.1, 0.15) is 50.1 Å². The second kappa shape index (κ2) is 6.70. The second-order valence-electron chi connectivity index (χ2n) is 5.90. The molecule has 3 nitrogen and oxygen atoms in total. The zero-order valence-electron chi connectivity index (χ0n) is 13.7. The van der Waals surface area contributed by atoms with E-state index >= 15 is 0 Å². The van der Waals surface area contributed by atoms with E-state index < -0.39 is 0 Å². The van der Waals surface area contributed by atoms with E-state index in [2.05, 4.69) is 69.2 Å². The maximum Gasteiger partial charge on any atom is 0.133 e. The van der Waals surface area contributed by atoms with Gasteiger partial charge in [-0.15, -0.1) is 0 Å². The quantitative estimate of drug-likeness (QED) is 0.863. The second-order valence-corrected chi connectivity index (χ2v) is 5.90. The first-order valence-corrected chi connectivity index (χ1v) is 7.71. The van der Waals surface area contributed by atoms with Crippen molar-refractivity contribution in [3.05, 3.63) is 41.2 Å². The summed E-state index contributed by atoms with van der Waals surface area (Å²) in [5.74, 6) is 2.13. The van der Waals surface area contributed by atoms with Crippen molar-refractivity contribution >= 4 is 5.82 Å². The predicted octanol–water partition coefficient (Wildman–Crippen LogP) is 4.71. The molecule has 0 spiro atoms. The van der Waals surface area contributed by atoms with Crippen LogP contribution in [-0.4, -0.2) is 16.5 Å². The molecule has 1 heterocycles. The third kappa shape index (κ3) is 3.81. The van der Waals surface area contributed by atoms with Crippen molar-refractivity contribution in [2.24, 2.45) is 0 Å². The van der Waals surface area contributed by atoms with Gasteiger partial charge in [0.15, 0.2) is 0 Å². The summed E-state index contributed by atoms with van der Waals surface area (Å²) in [6.45, 7) is 11.6. The van der Waals surface area contributed by atoms with Gasteiger partial charge in [-0.3, -0.25) is 0 Å². The minimum Gasteiger partial charge on any atom is -0.370 e. The molecule has 0 saturated heterocycles. The van der Waals surface area contributed by atoms with Crippen LogP contribution in [0.4, 0.5) is 5.82 Å². The summed E-state index contributed by atoms with van der Waals surface area (Å²) >= 11 is 0. The summed E-state index contributed by atoms with van der Waals surface area (Å²) in [5, 5.41) is 3.38. The number of hydrogen-bond acceptors (Lipinski definition) is 3. The van der Waals surface area contributed by atoms with Crippen LogP contribution in [0.5, 0.6) is 0 Å². The molecule has 1 aromatic heterocycles. The first kappa shape index (κ1) is 15.5. The Morgan fingerprint density at radius 3 is 2.48 bits per heavy atom. The molecule has 112 valence electrons. The highest BCUT2D eigenvalue weighted by Crippen LogP contribution is 2.26. The van der Waals surface area contributed by atoms with Crippen LogP contribution in [0.3, 0.4) is 0 Å². The molecule has 2 rings (SSSR count). The summed E-state index contributed by atoms with van der Waals surface area (Å²) < 4.78 is 0. The molecule has 1 aromatic carbocycles. The van der Waals surface area contributed by atoms with Gasteiger partial charge >= 0.3 is 0 Å². The fourth-order valence-corrected chi connectivity index (χ4v) is 2.31. The van der Waals surface area contributed by atoms with Crippen LogP contribution in [0, 0.1) is 13.8 Å². The Morgan fingerprint density at radius 2 is 1.86 bits per heavy atom. The third-order valence-electron chi connectivity index (χ3n) is 3.47. The highest BCUT2D eigenvalue weighted by molar-refractivity contribution is 5.66. The molecule has 21 heavy (non-hydrogen) atoms. The van der Waals surface area contributed by atoms with Crippen molar-refractivity contribution in [1.29, 1.82) is 0 Å². The minimum atomic E-state index is 0.317. The molecule has 2 aromatic rings. The highest BCUT2D eigenvalue weighted by atomic mass is 15.0. The fourth-order valence-electron chi connectivity index (χ4n) is 2.31. The molecule has 0 atom stereocenters. The summed E-state index contributed by atoms with van der Waals surface area (Å²) in [6, 6.07) is 8.55. The number of aryl methyl sites for hydroxylation is 2. The van der Waals surface area contributed by atoms with Gasteiger partial charge in [0.1, 0.15) is 11.6 Å². The average Bonchev–Trinajstić information content (AvgIpc) is 2.44. The first-order chi connectivity index (χ1) is 10.0. The lowest BCUT2D eigenvalue weighted by molar-refractivity contribution is 0.775. The smallest absolute Gasteiger partial charge is 0.133 e. The number of benzene rings is 1. The SMILES string of the molecule is CCCNc1cc(-c2ccc(C)cc2C)nc(C(C)C)n1. The molecular weight excluding hydrogens is 258 g/mol. The van der Waals surface area contributed by atoms with E-state index in [9.17, 15) is 0 Å². The van der Waals surface area contributed by atoms with Crippen molar-refractivity contribution in [3.8, 4) is 11.3 Å². The van der Waals surface area contributed by atoms with Gasteiger partial charge < -0.3 is 5.32 Å². The number of aromatic nitrogens is 2. The lowest BCUT2D eigenvalue weighted by atomic mass is 10.0. The van der Waals surface area contributed by atoms with Crippen LogP contribution in [-0.2, 0) is 0 Å². The van der Waals surface area contributed by atoms with Crippen molar-refractivity contribution in [2.45, 2.75) is 47.0 Å². The van der Waals surface area contributed by atoms with Gasteiger partial charge in [0.2, 0.25) is 0 Å². The van der Waals surface area contributed by atoms with E-state index in [-0.39, 0.29) is 0 Å². The molecular formula is C18H25N3. The maximum atomic E-state index is 4.75. The van der Waals surface area contributed by atoms with E-state index in [0.29, 0.717) is 5.92 Å². The summed E-state index contributed by atoms with van der Waals surface area (Å²) in [5.41, 5.74) is 4.72. The van der Waals surface area contributed by atoms with Gasteiger partial charge in [0, 0.05) is 24.1 Å². The van der Waals surface area contributed by atoms with Gasteiger partial charge in [-0.2, -0.15) is 0 Å². The van der Waals surface area contributed by atoms with Crippen LogP contribution in [0.2, 0.25) is 0 Å². The van der Waals surface area contributed by atoms with E-state index in [1.807, 2.05) is 0 Å². The van der Waals surface area contributed by atoms with Crippen LogP contribution in [0.15, 0.2) is 24.3 Å². The Kier molecular flexibility index (Phi) is 4.94. The van der Waals surface area contributed by atoms with Crippen molar-refractivity contribution < 1.29 is 0 Å². The predicted molar refractivity (Wildman–Crippen MR) is 89.8 cm³/mol. The topological polar surface area (TPSA) is 37.8 Å². The van der Waals surface area contributed by atoms with E-state index in [4.69, 9.17) is 4.98 Å². The number of nitrogens with zero attached hydrogens (tertiary/aromatic N) is 2. The average molecular weight is 283 g/mol. The monoisotopic (exact) mass is 283 g/mol. The number of hydrogen-bond donors (Lipinski definition) is 1. The van der Waals surface area contributed by atoms with Crippen LogP contribution < -0.4 is 5.32 Å². The zero-order chi connectivity index (χ0) is 15.4. The molecule has 0 fully saturated rings. The van der Waals surface area contributed by atoms with E-state index in [0.717, 1.165) is 30.3 Å². The van der Waals surface area contributed by atoms with E-state index in [1.54, 1.807) is 0 Å². The molecule has 0 saturated carbocycles. The van der Waals surface area contributed by atoms with Crippen LogP contribution >= 0.6 is 0 Å². The molecule has 0 aliphatic rings. The van der Waals surface area contributed by atoms with Gasteiger partial charge in [-0.1, -0.05) is 44.5 Å². The number of anilines is 1. The maximum absolute atomic E-state index is 4.75. The van der Waals surface area contributed by atoms with Gasteiger partial charge in [0.05, 0.1) is 5.69 Å². The first-order valence-electron chi connectivity index (χ1n) is 7.71. The van der Waals surface area contributed by atoms with Gasteiger partial charge in [0.25, 0.3) is 0 Å². The summed E-state index contributed by atoms with van der Waals surface area (Å²) in [4.78, 5) is 9.37. The molecule has 3 heteroatoms. The molecule has 0 bridgehead atoms. The van der Waals surface area contributed by atoms with Crippen molar-refractivity contribution in [1.82, 2.24) is 9.97 Å². The lowest BCUT2D eigenvalue weighted by Gasteiger charge is -2.13. The summed E-state index contributed by atoms with van der Waals surface area (Å²) in [6.07, 6.45) is 1.08. The Morgan fingerprint density at radius 1 is 1.10 bits per heavy atom. The zero-order valence-corrected chi connectivity index (χ0v) is 13.7. The molecule has 0 radical (unpaired) electrons. The Bertz CT molecular complexity index is 618. The lowest BCUT2D eigenvalue weighted by Crippen LogP contribution is -2.07. The Hall–Kier alpha value is -1.90. The third-order valence-corrected chi connectivity index (χ3v) is 3.47. The Labute approximate surface area is 127 Å². The molecule has 0 aliphatic heterocycles. The van der Waals surface area contributed by atoms with Gasteiger partial charge in [-0.05, 0) is 25.8 Å². The van der Waals surface area contributed by atoms with Crippen molar-refractivity contribution in [2.75, 3.05) is 11.9 Å². The number of rotatable bonds is 5. The number of nitrogens with one attached hydrogen (secondary N) is 1. The Balaban J connectivity index is 2.48. The van der Waals surface area contributed by atoms with Gasteiger partial charge in [-0.25, -0.2) is 9.97 Å². The standard InChI is InChI=1S/C18H25N3/c1-6-9-19-17-11-16(20-18(21-17)12(2)3)15-8-7-13(4)10-14(15)5/h7-8,10-12H,6,9H2,1-5H3,(H,19,20,21). The molecule has 1 N–H and O–H groups in total.